The van der Waals surface area contributed by atoms with Crippen LogP contribution < -0.4 is 5.32 Å². The molecule has 10 heteroatoms. The number of aromatic nitrogens is 3. The SMILES string of the molecule is CCn1c(SCC(=O)NCCN2C(=O)CSC2=S)nnc1C1CC1. The second-order valence-corrected chi connectivity index (χ2v) is 8.15. The van der Waals surface area contributed by atoms with Crippen LogP contribution in [0.15, 0.2) is 5.16 Å². The Balaban J connectivity index is 1.43. The zero-order valence-electron chi connectivity index (χ0n) is 13.4. The van der Waals surface area contributed by atoms with Gasteiger partial charge in [0, 0.05) is 25.6 Å². The normalized spacial score (nSPS) is 17.6. The highest BCUT2D eigenvalue weighted by Gasteiger charge is 2.30. The van der Waals surface area contributed by atoms with E-state index >= 15 is 0 Å². The van der Waals surface area contributed by atoms with Crippen molar-refractivity contribution in [2.75, 3.05) is 24.6 Å². The molecule has 1 aromatic rings. The van der Waals surface area contributed by atoms with Gasteiger partial charge >= 0.3 is 0 Å². The summed E-state index contributed by atoms with van der Waals surface area (Å²) in [5.74, 6) is 2.20. The van der Waals surface area contributed by atoms with Crippen molar-refractivity contribution in [1.82, 2.24) is 25.0 Å². The molecule has 0 unspecified atom stereocenters. The molecule has 130 valence electrons. The molecule has 2 amide bonds. The van der Waals surface area contributed by atoms with E-state index in [2.05, 4.69) is 27.0 Å². The number of carbonyl (C=O) groups excluding carboxylic acids is 2. The maximum atomic E-state index is 12.0. The molecular weight excluding hydrogens is 366 g/mol. The number of thioether (sulfide) groups is 2. The van der Waals surface area contributed by atoms with Gasteiger partial charge in [0.15, 0.2) is 5.16 Å². The third-order valence-electron chi connectivity index (χ3n) is 3.83. The van der Waals surface area contributed by atoms with Gasteiger partial charge in [-0.15, -0.1) is 10.2 Å². The molecule has 1 aliphatic heterocycles. The zero-order chi connectivity index (χ0) is 17.1. The average molecular weight is 386 g/mol. The maximum absolute atomic E-state index is 12.0. The molecule has 1 saturated carbocycles. The van der Waals surface area contributed by atoms with E-state index in [4.69, 9.17) is 12.2 Å². The lowest BCUT2D eigenvalue weighted by molar-refractivity contribution is -0.124. The van der Waals surface area contributed by atoms with Crippen molar-refractivity contribution in [3.05, 3.63) is 5.82 Å². The van der Waals surface area contributed by atoms with Crippen LogP contribution in [0, 0.1) is 0 Å². The molecule has 2 fully saturated rings. The highest BCUT2D eigenvalue weighted by Crippen LogP contribution is 2.39. The van der Waals surface area contributed by atoms with Gasteiger partial charge in [-0.25, -0.2) is 0 Å². The molecule has 1 aliphatic carbocycles. The van der Waals surface area contributed by atoms with Crippen LogP contribution in [0.4, 0.5) is 0 Å². The number of hydrogen-bond acceptors (Lipinski definition) is 7. The molecular formula is C14H19N5O2S3. The lowest BCUT2D eigenvalue weighted by Crippen LogP contribution is -2.37. The van der Waals surface area contributed by atoms with Gasteiger partial charge in [-0.3, -0.25) is 14.5 Å². The molecule has 0 bridgehead atoms. The van der Waals surface area contributed by atoms with Gasteiger partial charge in [-0.1, -0.05) is 35.7 Å². The first kappa shape index (κ1) is 17.7. The van der Waals surface area contributed by atoms with Crippen molar-refractivity contribution < 1.29 is 9.59 Å². The molecule has 24 heavy (non-hydrogen) atoms. The van der Waals surface area contributed by atoms with Crippen LogP contribution in [0.3, 0.4) is 0 Å². The Morgan fingerprint density at radius 2 is 2.25 bits per heavy atom. The molecule has 0 atom stereocenters. The monoisotopic (exact) mass is 385 g/mol. The summed E-state index contributed by atoms with van der Waals surface area (Å²) in [5, 5.41) is 12.1. The quantitative estimate of drug-likeness (QED) is 0.533. The fourth-order valence-corrected chi connectivity index (χ4v) is 4.39. The fraction of sp³-hybridized carbons (Fsp3) is 0.643. The zero-order valence-corrected chi connectivity index (χ0v) is 15.8. The summed E-state index contributed by atoms with van der Waals surface area (Å²) in [4.78, 5) is 25.1. The van der Waals surface area contributed by atoms with Gasteiger partial charge in [-0.2, -0.15) is 0 Å². The van der Waals surface area contributed by atoms with Crippen LogP contribution in [-0.4, -0.2) is 60.4 Å². The lowest BCUT2D eigenvalue weighted by Gasteiger charge is -2.15. The number of carbonyl (C=O) groups is 2. The van der Waals surface area contributed by atoms with Gasteiger partial charge < -0.3 is 9.88 Å². The fourth-order valence-electron chi connectivity index (χ4n) is 2.43. The Kier molecular flexibility index (Phi) is 5.77. The minimum Gasteiger partial charge on any atom is -0.354 e. The first-order chi connectivity index (χ1) is 11.6. The van der Waals surface area contributed by atoms with E-state index in [-0.39, 0.29) is 17.6 Å². The predicted octanol–water partition coefficient (Wildman–Crippen LogP) is 1.24. The van der Waals surface area contributed by atoms with E-state index in [9.17, 15) is 9.59 Å². The van der Waals surface area contributed by atoms with E-state index < -0.39 is 0 Å². The van der Waals surface area contributed by atoms with Gasteiger partial charge in [-0.05, 0) is 19.8 Å². The third-order valence-corrected chi connectivity index (χ3v) is 6.23. The molecule has 3 rings (SSSR count). The third kappa shape index (κ3) is 4.09. The van der Waals surface area contributed by atoms with E-state index in [0.717, 1.165) is 17.5 Å². The number of amides is 2. The Bertz CT molecular complexity index is 643. The summed E-state index contributed by atoms with van der Waals surface area (Å²) in [6.07, 6.45) is 2.36. The van der Waals surface area contributed by atoms with Crippen molar-refractivity contribution in [3.63, 3.8) is 0 Å². The van der Waals surface area contributed by atoms with E-state index in [1.165, 1.54) is 36.4 Å². The maximum Gasteiger partial charge on any atom is 0.238 e. The van der Waals surface area contributed by atoms with Crippen molar-refractivity contribution in [3.8, 4) is 0 Å². The molecule has 1 N–H and O–H groups in total. The number of hydrogen-bond donors (Lipinski definition) is 1. The highest BCUT2D eigenvalue weighted by molar-refractivity contribution is 8.23. The summed E-state index contributed by atoms with van der Waals surface area (Å²) in [7, 11) is 0. The molecule has 2 heterocycles. The van der Waals surface area contributed by atoms with Crippen LogP contribution >= 0.6 is 35.7 Å². The minimum atomic E-state index is -0.0798. The predicted molar refractivity (Wildman–Crippen MR) is 98.2 cm³/mol. The number of rotatable bonds is 8. The summed E-state index contributed by atoms with van der Waals surface area (Å²) in [5.41, 5.74) is 0. The van der Waals surface area contributed by atoms with Crippen LogP contribution in [0.5, 0.6) is 0 Å². The average Bonchev–Trinajstić information content (AvgIpc) is 3.26. The summed E-state index contributed by atoms with van der Waals surface area (Å²) >= 11 is 7.86. The van der Waals surface area contributed by atoms with Gasteiger partial charge in [0.2, 0.25) is 11.8 Å². The summed E-state index contributed by atoms with van der Waals surface area (Å²) in [6, 6.07) is 0. The Morgan fingerprint density at radius 1 is 1.46 bits per heavy atom. The Morgan fingerprint density at radius 3 is 2.88 bits per heavy atom. The van der Waals surface area contributed by atoms with Crippen molar-refractivity contribution in [2.45, 2.75) is 37.4 Å². The van der Waals surface area contributed by atoms with E-state index in [0.29, 0.717) is 29.1 Å². The topological polar surface area (TPSA) is 80.1 Å². The molecule has 0 spiro atoms. The first-order valence-corrected chi connectivity index (χ1v) is 10.3. The largest absolute Gasteiger partial charge is 0.354 e. The Labute approximate surface area is 154 Å². The summed E-state index contributed by atoms with van der Waals surface area (Å²) in [6.45, 7) is 3.71. The smallest absolute Gasteiger partial charge is 0.238 e. The van der Waals surface area contributed by atoms with Crippen molar-refractivity contribution in [2.24, 2.45) is 0 Å². The van der Waals surface area contributed by atoms with Crippen LogP contribution in [-0.2, 0) is 16.1 Å². The van der Waals surface area contributed by atoms with Gasteiger partial charge in [0.1, 0.15) is 10.1 Å². The van der Waals surface area contributed by atoms with Gasteiger partial charge in [0.05, 0.1) is 11.5 Å². The van der Waals surface area contributed by atoms with Crippen LogP contribution in [0.1, 0.15) is 31.5 Å². The molecule has 1 saturated heterocycles. The van der Waals surface area contributed by atoms with Crippen molar-refractivity contribution >= 4 is 51.9 Å². The van der Waals surface area contributed by atoms with Crippen LogP contribution in [0.2, 0.25) is 0 Å². The highest BCUT2D eigenvalue weighted by atomic mass is 32.2. The number of thiocarbonyl (C=S) groups is 1. The van der Waals surface area contributed by atoms with E-state index in [1.807, 2.05) is 0 Å². The van der Waals surface area contributed by atoms with Gasteiger partial charge in [0.25, 0.3) is 0 Å². The van der Waals surface area contributed by atoms with Crippen molar-refractivity contribution in [1.29, 1.82) is 0 Å². The molecule has 2 aliphatic rings. The second kappa shape index (κ2) is 7.83. The molecule has 0 radical (unpaired) electrons. The lowest BCUT2D eigenvalue weighted by atomic mass is 10.4. The number of nitrogens with zero attached hydrogens (tertiary/aromatic N) is 4. The second-order valence-electron chi connectivity index (χ2n) is 5.60. The molecule has 0 aromatic carbocycles. The Hall–Kier alpha value is -1.13. The van der Waals surface area contributed by atoms with Crippen LogP contribution in [0.25, 0.3) is 0 Å². The number of nitrogens with one attached hydrogen (secondary N) is 1. The summed E-state index contributed by atoms with van der Waals surface area (Å²) < 4.78 is 2.68. The first-order valence-electron chi connectivity index (χ1n) is 7.90. The standard InChI is InChI=1S/C14H19N5O2S3/c1-2-18-12(9-3-4-9)16-17-13(18)23-7-10(20)15-5-6-19-11(21)8-24-14(19)22/h9H,2-8H2,1H3,(H,15,20). The minimum absolute atomic E-state index is 0.0114. The molecule has 1 aromatic heterocycles. The van der Waals surface area contributed by atoms with E-state index in [1.54, 1.807) is 4.90 Å². The molecule has 7 nitrogen and oxygen atoms in total.